The zero-order valence-electron chi connectivity index (χ0n) is 39.7. The van der Waals surface area contributed by atoms with Crippen molar-refractivity contribution in [3.8, 4) is 0 Å². The number of hydrogen-bond acceptors (Lipinski definition) is 6. The molecule has 0 fully saturated rings. The number of carbonyl (C=O) groups excluding carboxylic acids is 3. The van der Waals surface area contributed by atoms with Gasteiger partial charge in [0.15, 0.2) is 6.10 Å². The number of rotatable bonds is 44. The fourth-order valence-corrected chi connectivity index (χ4v) is 6.58. The van der Waals surface area contributed by atoms with E-state index in [0.717, 1.165) is 103 Å². The summed E-state index contributed by atoms with van der Waals surface area (Å²) in [6.45, 7) is 6.42. The zero-order valence-corrected chi connectivity index (χ0v) is 39.7. The molecular weight excluding hydrogens is 757 g/mol. The molecule has 0 spiro atoms. The van der Waals surface area contributed by atoms with E-state index in [1.54, 1.807) is 0 Å². The Bertz CT molecular complexity index is 1200. The Hall–Kier alpha value is -3.41. The minimum Gasteiger partial charge on any atom is -0.462 e. The van der Waals surface area contributed by atoms with E-state index in [1.165, 1.54) is 77.0 Å². The van der Waals surface area contributed by atoms with Crippen molar-refractivity contribution in [3.05, 3.63) is 85.1 Å². The number of esters is 3. The van der Waals surface area contributed by atoms with Gasteiger partial charge in [-0.1, -0.05) is 183 Å². The number of hydrogen-bond donors (Lipinski definition) is 0. The van der Waals surface area contributed by atoms with Crippen LogP contribution in [0.3, 0.4) is 0 Å². The lowest BCUT2D eigenvalue weighted by molar-refractivity contribution is -0.167. The third kappa shape index (κ3) is 47.5. The summed E-state index contributed by atoms with van der Waals surface area (Å²) in [6.07, 6.45) is 62.8. The first-order valence-corrected chi connectivity index (χ1v) is 25.1. The van der Waals surface area contributed by atoms with E-state index >= 15 is 0 Å². The fourth-order valence-electron chi connectivity index (χ4n) is 6.58. The highest BCUT2D eigenvalue weighted by atomic mass is 16.6. The summed E-state index contributed by atoms with van der Waals surface area (Å²) in [6, 6.07) is 0. The molecule has 0 saturated carbocycles. The molecule has 61 heavy (non-hydrogen) atoms. The lowest BCUT2D eigenvalue weighted by Gasteiger charge is -2.18. The Labute approximate surface area is 375 Å². The van der Waals surface area contributed by atoms with E-state index in [1.807, 2.05) is 0 Å². The van der Waals surface area contributed by atoms with Crippen LogP contribution in [0.15, 0.2) is 85.1 Å². The molecule has 1 atom stereocenters. The van der Waals surface area contributed by atoms with Gasteiger partial charge in [-0.15, -0.1) is 0 Å². The summed E-state index contributed by atoms with van der Waals surface area (Å²) in [7, 11) is 0. The zero-order chi connectivity index (χ0) is 44.4. The first kappa shape index (κ1) is 57.6. The maximum absolute atomic E-state index is 12.8. The Morgan fingerprint density at radius 2 is 0.656 bits per heavy atom. The van der Waals surface area contributed by atoms with Crippen molar-refractivity contribution >= 4 is 17.9 Å². The molecule has 6 heteroatoms. The summed E-state index contributed by atoms with van der Waals surface area (Å²) in [4.78, 5) is 37.9. The molecule has 0 heterocycles. The minimum atomic E-state index is -0.806. The van der Waals surface area contributed by atoms with Crippen molar-refractivity contribution in [1.29, 1.82) is 0 Å². The number of allylic oxidation sites excluding steroid dienone is 14. The van der Waals surface area contributed by atoms with Crippen LogP contribution in [0.4, 0.5) is 0 Å². The summed E-state index contributed by atoms with van der Waals surface area (Å²) >= 11 is 0. The molecule has 0 aliphatic carbocycles. The maximum atomic E-state index is 12.8. The quantitative estimate of drug-likeness (QED) is 0.0263. The molecule has 348 valence electrons. The third-order valence-corrected chi connectivity index (χ3v) is 10.4. The predicted molar refractivity (Wildman–Crippen MR) is 261 cm³/mol. The second-order valence-electron chi connectivity index (χ2n) is 16.3. The van der Waals surface area contributed by atoms with Crippen LogP contribution in [0, 0.1) is 0 Å². The van der Waals surface area contributed by atoms with Gasteiger partial charge >= 0.3 is 17.9 Å². The maximum Gasteiger partial charge on any atom is 0.306 e. The van der Waals surface area contributed by atoms with Crippen molar-refractivity contribution in [2.24, 2.45) is 0 Å². The molecule has 0 aromatic rings. The lowest BCUT2D eigenvalue weighted by Crippen LogP contribution is -2.30. The molecule has 0 aliphatic heterocycles. The first-order valence-electron chi connectivity index (χ1n) is 25.1. The molecule has 0 rings (SSSR count). The molecule has 0 aromatic heterocycles. The highest BCUT2D eigenvalue weighted by Crippen LogP contribution is 2.13. The average molecular weight is 849 g/mol. The van der Waals surface area contributed by atoms with Crippen LogP contribution in [-0.2, 0) is 28.6 Å². The van der Waals surface area contributed by atoms with Crippen LogP contribution >= 0.6 is 0 Å². The van der Waals surface area contributed by atoms with Gasteiger partial charge in [-0.2, -0.15) is 0 Å². The molecule has 0 unspecified atom stereocenters. The van der Waals surface area contributed by atoms with Crippen molar-refractivity contribution in [3.63, 3.8) is 0 Å². The lowest BCUT2D eigenvalue weighted by atomic mass is 10.1. The van der Waals surface area contributed by atoms with Gasteiger partial charge in [0, 0.05) is 19.3 Å². The normalized spacial score (nSPS) is 12.8. The van der Waals surface area contributed by atoms with Crippen molar-refractivity contribution in [1.82, 2.24) is 0 Å². The second-order valence-corrected chi connectivity index (χ2v) is 16.3. The van der Waals surface area contributed by atoms with Gasteiger partial charge in [0.1, 0.15) is 13.2 Å². The highest BCUT2D eigenvalue weighted by molar-refractivity contribution is 5.71. The second kappa shape index (κ2) is 49.2. The Balaban J connectivity index is 4.50. The largest absolute Gasteiger partial charge is 0.462 e. The molecular formula is C55H92O6. The van der Waals surface area contributed by atoms with Gasteiger partial charge in [0.05, 0.1) is 0 Å². The summed E-state index contributed by atoms with van der Waals surface area (Å²) in [5, 5.41) is 0. The highest BCUT2D eigenvalue weighted by Gasteiger charge is 2.19. The van der Waals surface area contributed by atoms with E-state index in [2.05, 4.69) is 106 Å². The Kier molecular flexibility index (Phi) is 46.5. The van der Waals surface area contributed by atoms with E-state index in [9.17, 15) is 14.4 Å². The van der Waals surface area contributed by atoms with Crippen molar-refractivity contribution < 1.29 is 28.6 Å². The van der Waals surface area contributed by atoms with Crippen molar-refractivity contribution in [2.75, 3.05) is 13.2 Å². The smallest absolute Gasteiger partial charge is 0.306 e. The molecule has 0 N–H and O–H groups in total. The summed E-state index contributed by atoms with van der Waals surface area (Å²) in [5.74, 6) is -0.983. The van der Waals surface area contributed by atoms with Crippen LogP contribution in [-0.4, -0.2) is 37.2 Å². The monoisotopic (exact) mass is 849 g/mol. The number of carbonyl (C=O) groups is 3. The van der Waals surface area contributed by atoms with Crippen LogP contribution in [0.25, 0.3) is 0 Å². The van der Waals surface area contributed by atoms with E-state index in [0.29, 0.717) is 19.3 Å². The topological polar surface area (TPSA) is 78.9 Å². The minimum absolute atomic E-state index is 0.102. The van der Waals surface area contributed by atoms with E-state index in [-0.39, 0.29) is 37.5 Å². The Morgan fingerprint density at radius 3 is 1.08 bits per heavy atom. The van der Waals surface area contributed by atoms with Gasteiger partial charge in [-0.05, 0) is 109 Å². The molecule has 0 bridgehead atoms. The number of ether oxygens (including phenoxy) is 3. The molecule has 0 aromatic carbocycles. The number of unbranched alkanes of at least 4 members (excludes halogenated alkanes) is 19. The summed E-state index contributed by atoms with van der Waals surface area (Å²) < 4.78 is 16.7. The van der Waals surface area contributed by atoms with Crippen LogP contribution < -0.4 is 0 Å². The summed E-state index contributed by atoms with van der Waals surface area (Å²) in [5.41, 5.74) is 0. The van der Waals surface area contributed by atoms with Gasteiger partial charge in [-0.25, -0.2) is 0 Å². The van der Waals surface area contributed by atoms with Crippen molar-refractivity contribution in [2.45, 2.75) is 232 Å². The predicted octanol–water partition coefficient (Wildman–Crippen LogP) is 16.4. The van der Waals surface area contributed by atoms with Gasteiger partial charge in [-0.3, -0.25) is 14.4 Å². The molecule has 0 amide bonds. The van der Waals surface area contributed by atoms with Crippen LogP contribution in [0.1, 0.15) is 226 Å². The SMILES string of the molecule is CC/C=C\C/C=C\C/C=C\C/C=C\C/C=C\CCCC(=O)OC[C@H](COC(=O)CCCCCCC/C=C\CCCCCC)OC(=O)CCCCCCC/C=C\CCCCCC. The fraction of sp³-hybridized carbons (Fsp3) is 0.691. The van der Waals surface area contributed by atoms with Gasteiger partial charge in [0.25, 0.3) is 0 Å². The van der Waals surface area contributed by atoms with Crippen LogP contribution in [0.2, 0.25) is 0 Å². The van der Waals surface area contributed by atoms with E-state index < -0.39 is 6.10 Å². The molecule has 0 aliphatic rings. The average Bonchev–Trinajstić information content (AvgIpc) is 3.26. The van der Waals surface area contributed by atoms with E-state index in [4.69, 9.17) is 14.2 Å². The standard InChI is InChI=1S/C55H92O6/c1-4-7-10-13-16-19-22-25-26-27-28-31-33-36-39-42-45-48-54(57)60-51-52(61-55(58)49-46-43-40-37-34-30-24-21-18-15-12-9-6-3)50-59-53(56)47-44-41-38-35-32-29-23-20-17-14-11-8-5-2/h7,10,16,19-21,23-26,28,31,36,39,52H,4-6,8-9,11-15,17-18,22,27,29-30,32-35,37-38,40-51H2,1-3H3/b10-7-,19-16-,23-20-,24-21-,26-25-,31-28-,39-36-/t52-/m0/s1. The van der Waals surface area contributed by atoms with Gasteiger partial charge < -0.3 is 14.2 Å². The molecule has 6 nitrogen and oxygen atoms in total. The van der Waals surface area contributed by atoms with Crippen LogP contribution in [0.5, 0.6) is 0 Å². The molecule has 0 radical (unpaired) electrons. The first-order chi connectivity index (χ1) is 30.0. The molecule has 0 saturated heterocycles. The Morgan fingerprint density at radius 1 is 0.344 bits per heavy atom. The third-order valence-electron chi connectivity index (χ3n) is 10.4. The van der Waals surface area contributed by atoms with Gasteiger partial charge in [0.2, 0.25) is 0 Å².